The summed E-state index contributed by atoms with van der Waals surface area (Å²) in [5, 5.41) is 0. The Hall–Kier alpha value is -1.91. The summed E-state index contributed by atoms with van der Waals surface area (Å²) in [7, 11) is 0. The number of esters is 2. The minimum Gasteiger partial charge on any atom is -0.463 e. The maximum Gasteiger partial charge on any atom is 0.303 e. The Morgan fingerprint density at radius 1 is 0.946 bits per heavy atom. The minimum absolute atomic E-state index is 0.128. The van der Waals surface area contributed by atoms with E-state index in [1.165, 1.54) is 13.8 Å². The smallest absolute Gasteiger partial charge is 0.303 e. The lowest BCUT2D eigenvalue weighted by Crippen LogP contribution is -2.53. The van der Waals surface area contributed by atoms with Crippen LogP contribution in [0.4, 0.5) is 0 Å². The Kier molecular flexibility index (Phi) is 7.85. The second-order valence-corrected chi connectivity index (χ2v) is 13.5. The van der Waals surface area contributed by atoms with Crippen molar-refractivity contribution in [2.24, 2.45) is 46.3 Å². The van der Waals surface area contributed by atoms with Gasteiger partial charge in [0, 0.05) is 25.8 Å². The fraction of sp³-hybridized carbons (Fsp3) is 0.781. The van der Waals surface area contributed by atoms with E-state index in [0.717, 1.165) is 43.3 Å². The van der Waals surface area contributed by atoms with E-state index in [4.69, 9.17) is 9.47 Å². The number of Topliss-reactive ketones (excluding diaryl/α,β-unsaturated/α-hetero) is 1. The fourth-order valence-electron chi connectivity index (χ4n) is 8.49. The number of hydrogen-bond acceptors (Lipinski definition) is 5. The van der Waals surface area contributed by atoms with Crippen molar-refractivity contribution in [3.05, 3.63) is 23.3 Å². The first-order chi connectivity index (χ1) is 17.3. The Morgan fingerprint density at radius 3 is 2.24 bits per heavy atom. The number of hydrogen-bond donors (Lipinski definition) is 0. The molecule has 4 aliphatic carbocycles. The molecule has 37 heavy (non-hydrogen) atoms. The van der Waals surface area contributed by atoms with Crippen molar-refractivity contribution in [3.8, 4) is 0 Å². The molecule has 9 unspecified atom stereocenters. The number of allylic oxidation sites excluding steroid dienone is 3. The van der Waals surface area contributed by atoms with E-state index in [9.17, 15) is 14.4 Å². The van der Waals surface area contributed by atoms with Gasteiger partial charge < -0.3 is 9.47 Å². The summed E-state index contributed by atoms with van der Waals surface area (Å²) < 4.78 is 11.6. The zero-order valence-corrected chi connectivity index (χ0v) is 24.3. The third kappa shape index (κ3) is 5.08. The monoisotopic (exact) mass is 512 g/mol. The summed E-state index contributed by atoms with van der Waals surface area (Å²) in [4.78, 5) is 38.1. The molecule has 4 rings (SSSR count). The molecule has 0 aromatic rings. The molecule has 5 nitrogen and oxygen atoms in total. The van der Waals surface area contributed by atoms with E-state index in [1.54, 1.807) is 0 Å². The van der Waals surface area contributed by atoms with E-state index < -0.39 is 0 Å². The molecule has 0 bridgehead atoms. The van der Waals surface area contributed by atoms with Crippen LogP contribution in [0, 0.1) is 46.3 Å². The van der Waals surface area contributed by atoms with E-state index in [0.29, 0.717) is 36.5 Å². The highest BCUT2D eigenvalue weighted by Crippen LogP contribution is 2.65. The minimum atomic E-state index is -0.360. The van der Waals surface area contributed by atoms with Crippen molar-refractivity contribution < 1.29 is 23.9 Å². The van der Waals surface area contributed by atoms with Crippen LogP contribution in [0.3, 0.4) is 0 Å². The normalized spacial score (nSPS) is 39.2. The maximum absolute atomic E-state index is 14.1. The Morgan fingerprint density at radius 2 is 1.62 bits per heavy atom. The van der Waals surface area contributed by atoms with Crippen LogP contribution in [0.5, 0.6) is 0 Å². The van der Waals surface area contributed by atoms with Crippen LogP contribution in [-0.2, 0) is 23.9 Å². The highest BCUT2D eigenvalue weighted by atomic mass is 16.5. The fourth-order valence-corrected chi connectivity index (χ4v) is 8.49. The molecule has 2 fully saturated rings. The standard InChI is InChI=1S/C32H48O5/c1-18(2)19(3)9-10-20(4)25-11-12-26-29-28(37-22(6)34)16-23-15-24(36-21(5)33)13-14-31(23,7)30(29)27(35)17-32(25,26)8/h9-10,18-20,23-26,28H,11-17H2,1-8H3. The Labute approximate surface area is 223 Å². The van der Waals surface area contributed by atoms with Gasteiger partial charge in [-0.3, -0.25) is 14.4 Å². The second-order valence-electron chi connectivity index (χ2n) is 13.5. The number of ether oxygens (including phenoxy) is 2. The third-order valence-electron chi connectivity index (χ3n) is 10.8. The number of rotatable bonds is 6. The molecule has 0 aliphatic heterocycles. The van der Waals surface area contributed by atoms with Gasteiger partial charge in [0.1, 0.15) is 12.2 Å². The first-order valence-electron chi connectivity index (χ1n) is 14.6. The van der Waals surface area contributed by atoms with Crippen molar-refractivity contribution in [1.29, 1.82) is 0 Å². The lowest BCUT2D eigenvalue weighted by Gasteiger charge is -2.55. The zero-order chi connectivity index (χ0) is 27.3. The van der Waals surface area contributed by atoms with Gasteiger partial charge in [-0.15, -0.1) is 0 Å². The summed E-state index contributed by atoms with van der Waals surface area (Å²) in [6.45, 7) is 16.6. The van der Waals surface area contributed by atoms with Gasteiger partial charge in [-0.05, 0) is 90.4 Å². The lowest BCUT2D eigenvalue weighted by molar-refractivity contribution is -0.154. The van der Waals surface area contributed by atoms with Gasteiger partial charge in [0.05, 0.1) is 0 Å². The van der Waals surface area contributed by atoms with E-state index in [1.807, 2.05) is 0 Å². The number of ketones is 1. The van der Waals surface area contributed by atoms with Gasteiger partial charge >= 0.3 is 11.9 Å². The zero-order valence-electron chi connectivity index (χ0n) is 24.3. The predicted octanol–water partition coefficient (Wildman–Crippen LogP) is 6.85. The van der Waals surface area contributed by atoms with Crippen LogP contribution in [0.1, 0.15) is 100 Å². The summed E-state index contributed by atoms with van der Waals surface area (Å²) in [5.74, 6) is 2.07. The molecule has 0 radical (unpaired) electrons. The number of carbonyl (C=O) groups excluding carboxylic acids is 3. The number of fused-ring (bicyclic) bond motifs is 4. The van der Waals surface area contributed by atoms with Crippen LogP contribution in [-0.4, -0.2) is 29.9 Å². The summed E-state index contributed by atoms with van der Waals surface area (Å²) in [6.07, 6.45) is 9.98. The van der Waals surface area contributed by atoms with Crippen LogP contribution < -0.4 is 0 Å². The van der Waals surface area contributed by atoms with Crippen molar-refractivity contribution in [1.82, 2.24) is 0 Å². The lowest BCUT2D eigenvalue weighted by atomic mass is 9.49. The van der Waals surface area contributed by atoms with E-state index in [-0.39, 0.29) is 52.6 Å². The molecule has 2 saturated carbocycles. The average Bonchev–Trinajstić information content (AvgIpc) is 3.13. The van der Waals surface area contributed by atoms with Crippen LogP contribution >= 0.6 is 0 Å². The van der Waals surface area contributed by atoms with Crippen molar-refractivity contribution in [2.45, 2.75) is 113 Å². The molecule has 0 spiro atoms. The van der Waals surface area contributed by atoms with Gasteiger partial charge in [-0.1, -0.05) is 53.7 Å². The molecular weight excluding hydrogens is 464 g/mol. The Bertz CT molecular complexity index is 991. The van der Waals surface area contributed by atoms with Gasteiger partial charge in [0.15, 0.2) is 5.78 Å². The van der Waals surface area contributed by atoms with Crippen LogP contribution in [0.2, 0.25) is 0 Å². The molecule has 0 aromatic heterocycles. The first-order valence-corrected chi connectivity index (χ1v) is 14.6. The molecule has 5 heteroatoms. The molecule has 9 atom stereocenters. The molecule has 0 amide bonds. The second kappa shape index (κ2) is 10.3. The SMILES string of the molecule is CC(=O)OC1CCC2(C)C3=C(C(OC(C)=O)CC2C1)C1CCC(C(C)C=CC(C)C(C)C)C1(C)CC3=O. The molecule has 0 saturated heterocycles. The molecule has 4 aliphatic rings. The van der Waals surface area contributed by atoms with Gasteiger partial charge in [0.25, 0.3) is 0 Å². The molecule has 206 valence electrons. The van der Waals surface area contributed by atoms with Gasteiger partial charge in [-0.2, -0.15) is 0 Å². The van der Waals surface area contributed by atoms with Crippen molar-refractivity contribution >= 4 is 17.7 Å². The van der Waals surface area contributed by atoms with E-state index in [2.05, 4.69) is 53.7 Å². The van der Waals surface area contributed by atoms with Crippen LogP contribution in [0.25, 0.3) is 0 Å². The van der Waals surface area contributed by atoms with Crippen molar-refractivity contribution in [3.63, 3.8) is 0 Å². The maximum atomic E-state index is 14.1. The summed E-state index contributed by atoms with van der Waals surface area (Å²) in [5.41, 5.74) is 1.71. The highest BCUT2D eigenvalue weighted by Gasteiger charge is 2.61. The van der Waals surface area contributed by atoms with E-state index >= 15 is 0 Å². The Balaban J connectivity index is 1.70. The van der Waals surface area contributed by atoms with Gasteiger partial charge in [0.2, 0.25) is 0 Å². The molecule has 0 aromatic carbocycles. The van der Waals surface area contributed by atoms with Crippen molar-refractivity contribution in [2.75, 3.05) is 0 Å². The summed E-state index contributed by atoms with van der Waals surface area (Å²) >= 11 is 0. The average molecular weight is 513 g/mol. The predicted molar refractivity (Wildman–Crippen MR) is 144 cm³/mol. The first kappa shape index (κ1) is 28.1. The number of carbonyl (C=O) groups is 3. The van der Waals surface area contributed by atoms with Gasteiger partial charge in [-0.25, -0.2) is 0 Å². The topological polar surface area (TPSA) is 69.7 Å². The largest absolute Gasteiger partial charge is 0.463 e. The quantitative estimate of drug-likeness (QED) is 0.288. The molecule has 0 heterocycles. The summed E-state index contributed by atoms with van der Waals surface area (Å²) in [6, 6.07) is 0. The molecule has 0 N–H and O–H groups in total. The third-order valence-corrected chi connectivity index (χ3v) is 10.8. The molecular formula is C32H48O5. The highest BCUT2D eigenvalue weighted by molar-refractivity contribution is 5.99. The van der Waals surface area contributed by atoms with Crippen LogP contribution in [0.15, 0.2) is 23.3 Å².